The minimum atomic E-state index is 0.151. The molecule has 0 saturated heterocycles. The highest BCUT2D eigenvalue weighted by atomic mass is 14.2. The standard InChI is InChI=1S/C33H38B2/c1-22(34)23-7-9-24(10-8-23)27-19-28(25-11-15-30(16-12-25)32(2,3)4)21-29(20-27)26-13-17-31(18-14-26)33(5,6)35/h7-22H,34-35H2,1-6H3. The van der Waals surface area contributed by atoms with Crippen molar-refractivity contribution in [2.24, 2.45) is 0 Å². The van der Waals surface area contributed by atoms with Crippen molar-refractivity contribution in [1.82, 2.24) is 0 Å². The van der Waals surface area contributed by atoms with Gasteiger partial charge in [-0.15, -0.1) is 0 Å². The largest absolute Gasteiger partial charge is 0.114 e. The van der Waals surface area contributed by atoms with Gasteiger partial charge in [-0.2, -0.15) is 0 Å². The van der Waals surface area contributed by atoms with Gasteiger partial charge in [-0.25, -0.2) is 0 Å². The van der Waals surface area contributed by atoms with Gasteiger partial charge in [-0.05, 0) is 73.7 Å². The van der Waals surface area contributed by atoms with Crippen molar-refractivity contribution in [3.05, 3.63) is 108 Å². The Kier molecular flexibility index (Phi) is 6.87. The summed E-state index contributed by atoms with van der Waals surface area (Å²) in [6, 6.07) is 34.3. The van der Waals surface area contributed by atoms with Crippen LogP contribution < -0.4 is 0 Å². The molecular formula is C33H38B2. The van der Waals surface area contributed by atoms with Crippen LogP contribution in [0.1, 0.15) is 64.1 Å². The maximum absolute atomic E-state index is 2.34. The summed E-state index contributed by atoms with van der Waals surface area (Å²) in [5.74, 6) is 0.536. The van der Waals surface area contributed by atoms with Gasteiger partial charge in [-0.3, -0.25) is 0 Å². The first kappa shape index (κ1) is 25.1. The van der Waals surface area contributed by atoms with Gasteiger partial charge in [0, 0.05) is 0 Å². The van der Waals surface area contributed by atoms with Gasteiger partial charge in [0.2, 0.25) is 0 Å². The van der Waals surface area contributed by atoms with Crippen molar-refractivity contribution in [2.45, 2.75) is 58.1 Å². The Morgan fingerprint density at radius 1 is 0.514 bits per heavy atom. The van der Waals surface area contributed by atoms with E-state index in [9.17, 15) is 0 Å². The maximum Gasteiger partial charge on any atom is 0.114 e. The van der Waals surface area contributed by atoms with Gasteiger partial charge in [0.1, 0.15) is 15.7 Å². The average Bonchev–Trinajstić information content (AvgIpc) is 2.83. The van der Waals surface area contributed by atoms with Gasteiger partial charge < -0.3 is 0 Å². The smallest absolute Gasteiger partial charge is 0.0658 e. The summed E-state index contributed by atoms with van der Waals surface area (Å²) in [6.07, 6.45) is 0. The Balaban J connectivity index is 1.82. The molecule has 0 aliphatic heterocycles. The highest BCUT2D eigenvalue weighted by Gasteiger charge is 2.15. The lowest BCUT2D eigenvalue weighted by Gasteiger charge is -2.20. The second kappa shape index (κ2) is 9.57. The summed E-state index contributed by atoms with van der Waals surface area (Å²) in [4.78, 5) is 0. The molecule has 4 aromatic rings. The minimum absolute atomic E-state index is 0.151. The Morgan fingerprint density at radius 3 is 1.17 bits per heavy atom. The topological polar surface area (TPSA) is 0 Å². The first-order chi connectivity index (χ1) is 16.4. The normalized spacial score (nSPS) is 13.0. The second-order valence-electron chi connectivity index (χ2n) is 12.2. The number of benzene rings is 4. The van der Waals surface area contributed by atoms with E-state index in [4.69, 9.17) is 0 Å². The molecule has 0 aromatic heterocycles. The summed E-state index contributed by atoms with van der Waals surface area (Å²) in [6.45, 7) is 13.6. The fraction of sp³-hybridized carbons (Fsp3) is 0.273. The van der Waals surface area contributed by atoms with E-state index >= 15 is 0 Å². The molecule has 4 rings (SSSR count). The monoisotopic (exact) mass is 456 g/mol. The zero-order chi connectivity index (χ0) is 25.4. The van der Waals surface area contributed by atoms with Gasteiger partial charge in [0.15, 0.2) is 0 Å². The van der Waals surface area contributed by atoms with Gasteiger partial charge in [0.05, 0.1) is 0 Å². The molecule has 0 saturated carbocycles. The highest BCUT2D eigenvalue weighted by Crippen LogP contribution is 2.35. The second-order valence-corrected chi connectivity index (χ2v) is 12.2. The lowest BCUT2D eigenvalue weighted by molar-refractivity contribution is 0.590. The van der Waals surface area contributed by atoms with E-state index in [2.05, 4.69) is 148 Å². The molecule has 0 N–H and O–H groups in total. The molecule has 0 amide bonds. The Morgan fingerprint density at radius 2 is 0.857 bits per heavy atom. The van der Waals surface area contributed by atoms with Crippen LogP contribution in [0, 0.1) is 0 Å². The summed E-state index contributed by atoms with van der Waals surface area (Å²) >= 11 is 0. The summed E-state index contributed by atoms with van der Waals surface area (Å²) in [5, 5.41) is 0.151. The summed E-state index contributed by atoms with van der Waals surface area (Å²) in [7, 11) is 4.51. The van der Waals surface area contributed by atoms with Crippen LogP contribution >= 0.6 is 0 Å². The lowest BCUT2D eigenvalue weighted by atomic mass is 9.67. The van der Waals surface area contributed by atoms with E-state index in [1.165, 1.54) is 50.1 Å². The molecule has 1 atom stereocenters. The molecule has 0 aliphatic rings. The lowest BCUT2D eigenvalue weighted by Crippen LogP contribution is -2.16. The predicted octanol–water partition coefficient (Wildman–Crippen LogP) is 7.55. The van der Waals surface area contributed by atoms with Crippen LogP contribution in [-0.4, -0.2) is 15.7 Å². The zero-order valence-corrected chi connectivity index (χ0v) is 22.7. The van der Waals surface area contributed by atoms with Crippen LogP contribution in [0.2, 0.25) is 0 Å². The average molecular weight is 456 g/mol. The quantitative estimate of drug-likeness (QED) is 0.272. The van der Waals surface area contributed by atoms with Crippen LogP contribution in [0.25, 0.3) is 33.4 Å². The van der Waals surface area contributed by atoms with E-state index < -0.39 is 0 Å². The van der Waals surface area contributed by atoms with Gasteiger partial charge in [0.25, 0.3) is 0 Å². The third-order valence-corrected chi connectivity index (χ3v) is 7.01. The Bertz CT molecular complexity index is 1210. The first-order valence-corrected chi connectivity index (χ1v) is 12.9. The van der Waals surface area contributed by atoms with E-state index in [0.717, 1.165) is 0 Å². The van der Waals surface area contributed by atoms with Crippen LogP contribution in [0.15, 0.2) is 91.0 Å². The van der Waals surface area contributed by atoms with Crippen molar-refractivity contribution in [1.29, 1.82) is 0 Å². The fourth-order valence-corrected chi connectivity index (χ4v) is 4.51. The molecule has 0 fully saturated rings. The van der Waals surface area contributed by atoms with E-state index in [1.807, 2.05) is 0 Å². The number of hydrogen-bond donors (Lipinski definition) is 0. The van der Waals surface area contributed by atoms with E-state index in [-0.39, 0.29) is 10.7 Å². The Labute approximate surface area is 214 Å². The molecule has 0 spiro atoms. The van der Waals surface area contributed by atoms with Crippen molar-refractivity contribution in [2.75, 3.05) is 0 Å². The van der Waals surface area contributed by atoms with E-state index in [0.29, 0.717) is 5.82 Å². The number of rotatable bonds is 5. The molecule has 176 valence electrons. The van der Waals surface area contributed by atoms with Crippen LogP contribution in [0.4, 0.5) is 0 Å². The fourth-order valence-electron chi connectivity index (χ4n) is 4.51. The number of hydrogen-bond acceptors (Lipinski definition) is 0. The van der Waals surface area contributed by atoms with Crippen LogP contribution in [0.3, 0.4) is 0 Å². The Hall–Kier alpha value is -2.99. The molecule has 0 heterocycles. The molecule has 0 radical (unpaired) electrons. The van der Waals surface area contributed by atoms with Crippen LogP contribution in [0.5, 0.6) is 0 Å². The predicted molar refractivity (Wildman–Crippen MR) is 160 cm³/mol. The van der Waals surface area contributed by atoms with Crippen molar-refractivity contribution < 1.29 is 0 Å². The molecule has 4 aromatic carbocycles. The molecule has 1 unspecified atom stereocenters. The molecule has 0 nitrogen and oxygen atoms in total. The molecule has 0 bridgehead atoms. The molecule has 2 heteroatoms. The maximum atomic E-state index is 2.34. The molecule has 0 aliphatic carbocycles. The molecular weight excluding hydrogens is 418 g/mol. The summed E-state index contributed by atoms with van der Waals surface area (Å²) < 4.78 is 0. The molecule has 35 heavy (non-hydrogen) atoms. The minimum Gasteiger partial charge on any atom is -0.0658 e. The van der Waals surface area contributed by atoms with Crippen LogP contribution in [-0.2, 0) is 10.7 Å². The zero-order valence-electron chi connectivity index (χ0n) is 22.7. The van der Waals surface area contributed by atoms with Crippen molar-refractivity contribution in [3.63, 3.8) is 0 Å². The van der Waals surface area contributed by atoms with E-state index in [1.54, 1.807) is 0 Å². The third-order valence-electron chi connectivity index (χ3n) is 7.01. The third kappa shape index (κ3) is 5.81. The van der Waals surface area contributed by atoms with Crippen molar-refractivity contribution >= 4 is 15.7 Å². The SMILES string of the molecule is BC(C)c1ccc(-c2cc(-c3ccc(C(B)(C)C)cc3)cc(-c3ccc(C(C)(C)C)cc3)c2)cc1. The summed E-state index contributed by atoms with van der Waals surface area (Å²) in [5.41, 5.74) is 11.8. The highest BCUT2D eigenvalue weighted by molar-refractivity contribution is 6.15. The van der Waals surface area contributed by atoms with Crippen molar-refractivity contribution in [3.8, 4) is 33.4 Å². The van der Waals surface area contributed by atoms with Gasteiger partial charge in [-0.1, -0.05) is 125 Å². The van der Waals surface area contributed by atoms with Gasteiger partial charge >= 0.3 is 0 Å². The first-order valence-electron chi connectivity index (χ1n) is 12.9.